The molecule has 1 atom stereocenters. The Bertz CT molecular complexity index is 417. The summed E-state index contributed by atoms with van der Waals surface area (Å²) in [6.07, 6.45) is 1.64. The summed E-state index contributed by atoms with van der Waals surface area (Å²) < 4.78 is 10.5. The number of para-hydroxylation sites is 1. The minimum absolute atomic E-state index is 0.134. The van der Waals surface area contributed by atoms with Gasteiger partial charge in [-0.25, -0.2) is 4.79 Å². The maximum Gasteiger partial charge on any atom is 0.315 e. The number of benzene rings is 1. The second-order valence-electron chi connectivity index (χ2n) is 4.52. The van der Waals surface area contributed by atoms with E-state index in [0.29, 0.717) is 13.2 Å². The van der Waals surface area contributed by atoms with Gasteiger partial charge in [-0.1, -0.05) is 18.2 Å². The molecule has 0 bridgehead atoms. The molecule has 2 N–H and O–H groups in total. The predicted octanol–water partition coefficient (Wildman–Crippen LogP) is 1.33. The van der Waals surface area contributed by atoms with Crippen LogP contribution in [0.1, 0.15) is 12.0 Å². The molecule has 2 rings (SSSR count). The van der Waals surface area contributed by atoms with Crippen molar-refractivity contribution in [3.8, 4) is 5.75 Å². The van der Waals surface area contributed by atoms with Crippen LogP contribution in [0.2, 0.25) is 0 Å². The zero-order chi connectivity index (χ0) is 13.5. The Morgan fingerprint density at radius 3 is 3.05 bits per heavy atom. The highest BCUT2D eigenvalue weighted by molar-refractivity contribution is 5.74. The number of ether oxygens (including phenoxy) is 2. The van der Waals surface area contributed by atoms with Gasteiger partial charge in [0.05, 0.1) is 19.8 Å². The summed E-state index contributed by atoms with van der Waals surface area (Å²) in [6, 6.07) is 7.84. The normalized spacial score (nSPS) is 18.1. The lowest BCUT2D eigenvalue weighted by molar-refractivity contribution is 0.188. The van der Waals surface area contributed by atoms with Gasteiger partial charge in [0, 0.05) is 13.2 Å². The van der Waals surface area contributed by atoms with E-state index in [0.717, 1.165) is 30.8 Å². The molecule has 104 valence electrons. The summed E-state index contributed by atoms with van der Waals surface area (Å²) in [4.78, 5) is 11.6. The molecular weight excluding hydrogens is 244 g/mol. The number of hydrogen-bond donors (Lipinski definition) is 2. The summed E-state index contributed by atoms with van der Waals surface area (Å²) >= 11 is 0. The van der Waals surface area contributed by atoms with Gasteiger partial charge in [0.15, 0.2) is 0 Å². The molecule has 0 saturated carbocycles. The van der Waals surface area contributed by atoms with Gasteiger partial charge in [0.1, 0.15) is 5.75 Å². The fourth-order valence-corrected chi connectivity index (χ4v) is 2.10. The van der Waals surface area contributed by atoms with Crippen molar-refractivity contribution in [3.63, 3.8) is 0 Å². The molecule has 1 unspecified atom stereocenters. The summed E-state index contributed by atoms with van der Waals surface area (Å²) in [7, 11) is 1.65. The Labute approximate surface area is 113 Å². The van der Waals surface area contributed by atoms with Gasteiger partial charge in [-0.3, -0.25) is 0 Å². The Kier molecular flexibility index (Phi) is 5.03. The van der Waals surface area contributed by atoms with Crippen LogP contribution in [0.3, 0.4) is 0 Å². The average molecular weight is 264 g/mol. The van der Waals surface area contributed by atoms with Crippen LogP contribution in [-0.2, 0) is 11.2 Å². The molecule has 0 aliphatic carbocycles. The Morgan fingerprint density at radius 1 is 1.47 bits per heavy atom. The van der Waals surface area contributed by atoms with Crippen LogP contribution in [0.25, 0.3) is 0 Å². The van der Waals surface area contributed by atoms with Gasteiger partial charge in [-0.2, -0.15) is 0 Å². The number of hydrogen-bond acceptors (Lipinski definition) is 3. The zero-order valence-corrected chi connectivity index (χ0v) is 11.1. The minimum Gasteiger partial charge on any atom is -0.496 e. The molecule has 1 fully saturated rings. The van der Waals surface area contributed by atoms with E-state index in [9.17, 15) is 4.79 Å². The third-order valence-corrected chi connectivity index (χ3v) is 3.14. The Balaban J connectivity index is 1.72. The number of carbonyl (C=O) groups is 1. The summed E-state index contributed by atoms with van der Waals surface area (Å²) in [5.74, 6) is 0.855. The minimum atomic E-state index is -0.134. The summed E-state index contributed by atoms with van der Waals surface area (Å²) in [5, 5.41) is 5.74. The van der Waals surface area contributed by atoms with Crippen LogP contribution >= 0.6 is 0 Å². The smallest absolute Gasteiger partial charge is 0.315 e. The van der Waals surface area contributed by atoms with Crippen molar-refractivity contribution in [2.75, 3.05) is 26.9 Å². The van der Waals surface area contributed by atoms with Crippen molar-refractivity contribution < 1.29 is 14.3 Å². The number of methoxy groups -OCH3 is 1. The maximum absolute atomic E-state index is 11.6. The summed E-state index contributed by atoms with van der Waals surface area (Å²) in [6.45, 7) is 1.92. The van der Waals surface area contributed by atoms with Crippen LogP contribution < -0.4 is 15.4 Å². The molecule has 5 heteroatoms. The van der Waals surface area contributed by atoms with Crippen molar-refractivity contribution in [1.29, 1.82) is 0 Å². The van der Waals surface area contributed by atoms with E-state index >= 15 is 0 Å². The van der Waals surface area contributed by atoms with Crippen molar-refractivity contribution in [3.05, 3.63) is 29.8 Å². The Hall–Kier alpha value is -1.75. The van der Waals surface area contributed by atoms with Gasteiger partial charge in [-0.05, 0) is 24.5 Å². The Morgan fingerprint density at radius 2 is 2.32 bits per heavy atom. The molecule has 2 amide bonds. The van der Waals surface area contributed by atoms with Crippen molar-refractivity contribution in [2.24, 2.45) is 0 Å². The molecule has 0 aromatic heterocycles. The van der Waals surface area contributed by atoms with E-state index in [1.807, 2.05) is 24.3 Å². The van der Waals surface area contributed by atoms with Crippen LogP contribution in [0.4, 0.5) is 4.79 Å². The molecule has 0 spiro atoms. The van der Waals surface area contributed by atoms with Crippen molar-refractivity contribution in [2.45, 2.75) is 18.9 Å². The molecule has 5 nitrogen and oxygen atoms in total. The van der Waals surface area contributed by atoms with E-state index in [4.69, 9.17) is 9.47 Å². The number of rotatable bonds is 5. The first-order valence-electron chi connectivity index (χ1n) is 6.53. The van der Waals surface area contributed by atoms with Crippen LogP contribution in [0.15, 0.2) is 24.3 Å². The van der Waals surface area contributed by atoms with Gasteiger partial charge in [0.25, 0.3) is 0 Å². The lowest BCUT2D eigenvalue weighted by atomic mass is 10.1. The molecule has 1 aromatic rings. The second-order valence-corrected chi connectivity index (χ2v) is 4.52. The van der Waals surface area contributed by atoms with Crippen molar-refractivity contribution in [1.82, 2.24) is 10.6 Å². The number of amides is 2. The van der Waals surface area contributed by atoms with Gasteiger partial charge in [-0.15, -0.1) is 0 Å². The molecule has 1 saturated heterocycles. The largest absolute Gasteiger partial charge is 0.496 e. The lowest BCUT2D eigenvalue weighted by Crippen LogP contribution is -2.42. The molecule has 19 heavy (non-hydrogen) atoms. The monoisotopic (exact) mass is 264 g/mol. The topological polar surface area (TPSA) is 59.6 Å². The molecular formula is C14H20N2O3. The van der Waals surface area contributed by atoms with Crippen LogP contribution in [0, 0.1) is 0 Å². The van der Waals surface area contributed by atoms with E-state index < -0.39 is 0 Å². The van der Waals surface area contributed by atoms with Gasteiger partial charge < -0.3 is 20.1 Å². The highest BCUT2D eigenvalue weighted by Crippen LogP contribution is 2.17. The highest BCUT2D eigenvalue weighted by Gasteiger charge is 2.17. The first kappa shape index (κ1) is 13.7. The van der Waals surface area contributed by atoms with Gasteiger partial charge >= 0.3 is 6.03 Å². The maximum atomic E-state index is 11.6. The third-order valence-electron chi connectivity index (χ3n) is 3.14. The zero-order valence-electron chi connectivity index (χ0n) is 11.1. The fourth-order valence-electron chi connectivity index (χ4n) is 2.10. The standard InChI is InChI=1S/C14H20N2O3/c1-18-13-5-3-2-4-11(13)6-8-15-14(17)16-12-7-9-19-10-12/h2-5,12H,6-10H2,1H3,(H2,15,16,17). The van der Waals surface area contributed by atoms with E-state index in [1.54, 1.807) is 7.11 Å². The molecule has 1 aliphatic heterocycles. The second kappa shape index (κ2) is 6.99. The fraction of sp³-hybridized carbons (Fsp3) is 0.500. The van der Waals surface area contributed by atoms with E-state index in [2.05, 4.69) is 10.6 Å². The first-order chi connectivity index (χ1) is 9.29. The highest BCUT2D eigenvalue weighted by atomic mass is 16.5. The van der Waals surface area contributed by atoms with E-state index in [1.165, 1.54) is 0 Å². The summed E-state index contributed by atoms with van der Waals surface area (Å²) in [5.41, 5.74) is 1.09. The quantitative estimate of drug-likeness (QED) is 0.843. The predicted molar refractivity (Wildman–Crippen MR) is 72.5 cm³/mol. The number of carbonyl (C=O) groups excluding carboxylic acids is 1. The van der Waals surface area contributed by atoms with E-state index in [-0.39, 0.29) is 12.1 Å². The molecule has 1 aromatic carbocycles. The van der Waals surface area contributed by atoms with Crippen LogP contribution in [-0.4, -0.2) is 38.9 Å². The third kappa shape index (κ3) is 4.13. The number of urea groups is 1. The van der Waals surface area contributed by atoms with Crippen molar-refractivity contribution >= 4 is 6.03 Å². The molecule has 0 radical (unpaired) electrons. The van der Waals surface area contributed by atoms with Gasteiger partial charge in [0.2, 0.25) is 0 Å². The number of nitrogens with one attached hydrogen (secondary N) is 2. The van der Waals surface area contributed by atoms with Crippen LogP contribution in [0.5, 0.6) is 5.75 Å². The SMILES string of the molecule is COc1ccccc1CCNC(=O)NC1CCOC1. The first-order valence-corrected chi connectivity index (χ1v) is 6.53. The average Bonchev–Trinajstić information content (AvgIpc) is 2.92. The molecule has 1 heterocycles. The lowest BCUT2D eigenvalue weighted by Gasteiger charge is -2.12. The molecule has 1 aliphatic rings.